The minimum absolute atomic E-state index is 0.138. The van der Waals surface area contributed by atoms with Gasteiger partial charge in [0.05, 0.1) is 29.2 Å². The van der Waals surface area contributed by atoms with Gasteiger partial charge in [-0.15, -0.1) is 0 Å². The molecule has 1 atom stereocenters. The van der Waals surface area contributed by atoms with E-state index in [1.54, 1.807) is 30.3 Å². The van der Waals surface area contributed by atoms with Crippen LogP contribution in [0.1, 0.15) is 23.6 Å². The van der Waals surface area contributed by atoms with E-state index in [9.17, 15) is 26.9 Å². The second-order valence-corrected chi connectivity index (χ2v) is 10.2. The third-order valence-corrected chi connectivity index (χ3v) is 5.82. The number of benzene rings is 2. The van der Waals surface area contributed by atoms with Crippen LogP contribution in [0.2, 0.25) is 0 Å². The Kier molecular flexibility index (Phi) is 5.32. The molecule has 2 aromatic carbocycles. The Hall–Kier alpha value is -2.99. The van der Waals surface area contributed by atoms with Crippen molar-refractivity contribution in [1.29, 1.82) is 0 Å². The van der Waals surface area contributed by atoms with Crippen molar-refractivity contribution >= 4 is 37.1 Å². The van der Waals surface area contributed by atoms with Crippen molar-refractivity contribution < 1.29 is 21.8 Å². The number of non-ortho nitro benzene ring substituents is 1. The number of hydrazone groups is 1. The van der Waals surface area contributed by atoms with Crippen LogP contribution in [0, 0.1) is 10.1 Å². The maximum absolute atomic E-state index is 12.2. The summed E-state index contributed by atoms with van der Waals surface area (Å²) >= 11 is 0. The topological polar surface area (TPSA) is 139 Å². The molecule has 0 bridgehead atoms. The normalized spacial score (nSPS) is 17.1. The lowest BCUT2D eigenvalue weighted by atomic mass is 9.99. The van der Waals surface area contributed by atoms with E-state index in [2.05, 4.69) is 9.82 Å². The summed E-state index contributed by atoms with van der Waals surface area (Å²) in [4.78, 5) is 10.5. The van der Waals surface area contributed by atoms with Crippen LogP contribution in [0.15, 0.2) is 53.6 Å². The monoisotopic (exact) mass is 438 g/mol. The molecule has 0 fully saturated rings. The van der Waals surface area contributed by atoms with Crippen molar-refractivity contribution in [3.63, 3.8) is 0 Å². The molecule has 1 N–H and O–H groups in total. The van der Waals surface area contributed by atoms with Gasteiger partial charge in [-0.2, -0.15) is 9.52 Å². The molecule has 12 heteroatoms. The predicted molar refractivity (Wildman–Crippen MR) is 109 cm³/mol. The maximum Gasteiger partial charge on any atom is 0.269 e. The Morgan fingerprint density at radius 3 is 2.31 bits per heavy atom. The summed E-state index contributed by atoms with van der Waals surface area (Å²) in [5.41, 5.74) is 1.77. The van der Waals surface area contributed by atoms with Crippen LogP contribution in [-0.2, 0) is 20.0 Å². The molecule has 1 heterocycles. The molecule has 0 saturated heterocycles. The van der Waals surface area contributed by atoms with E-state index in [1.807, 2.05) is 0 Å². The summed E-state index contributed by atoms with van der Waals surface area (Å²) < 4.78 is 50.4. The molecule has 10 nitrogen and oxygen atoms in total. The Morgan fingerprint density at radius 1 is 1.10 bits per heavy atom. The molecule has 0 unspecified atom stereocenters. The first-order chi connectivity index (χ1) is 13.4. The van der Waals surface area contributed by atoms with E-state index in [0.29, 0.717) is 22.5 Å². The number of anilines is 1. The van der Waals surface area contributed by atoms with Gasteiger partial charge in [-0.3, -0.25) is 14.8 Å². The van der Waals surface area contributed by atoms with E-state index in [-0.39, 0.29) is 12.1 Å². The van der Waals surface area contributed by atoms with E-state index in [1.165, 1.54) is 18.2 Å². The number of rotatable bonds is 6. The molecule has 0 amide bonds. The lowest BCUT2D eigenvalue weighted by molar-refractivity contribution is -0.384. The fourth-order valence-electron chi connectivity index (χ4n) is 3.01. The zero-order valence-corrected chi connectivity index (χ0v) is 17.1. The molecule has 0 aromatic heterocycles. The van der Waals surface area contributed by atoms with Crippen LogP contribution in [0.3, 0.4) is 0 Å². The zero-order chi connectivity index (χ0) is 21.4. The number of nitrogens with one attached hydrogen (secondary N) is 1. The summed E-state index contributed by atoms with van der Waals surface area (Å²) in [5, 5.41) is 15.3. The molecule has 2 aromatic rings. The molecule has 1 aliphatic rings. The molecule has 1 aliphatic heterocycles. The Bertz CT molecular complexity index is 1190. The predicted octanol–water partition coefficient (Wildman–Crippen LogP) is 2.08. The molecular weight excluding hydrogens is 420 g/mol. The quantitative estimate of drug-likeness (QED) is 0.541. The maximum atomic E-state index is 12.2. The van der Waals surface area contributed by atoms with Crippen molar-refractivity contribution in [2.45, 2.75) is 12.5 Å². The Morgan fingerprint density at radius 2 is 1.76 bits per heavy atom. The molecule has 0 radical (unpaired) electrons. The number of hydrogen-bond acceptors (Lipinski definition) is 7. The average molecular weight is 438 g/mol. The lowest BCUT2D eigenvalue weighted by Crippen LogP contribution is -2.25. The highest BCUT2D eigenvalue weighted by Crippen LogP contribution is 2.35. The van der Waals surface area contributed by atoms with Gasteiger partial charge in [-0.1, -0.05) is 24.3 Å². The van der Waals surface area contributed by atoms with Gasteiger partial charge in [0.25, 0.3) is 5.69 Å². The van der Waals surface area contributed by atoms with Crippen molar-refractivity contribution in [3.8, 4) is 0 Å². The van der Waals surface area contributed by atoms with E-state index >= 15 is 0 Å². The summed E-state index contributed by atoms with van der Waals surface area (Å²) in [6.45, 7) is 0. The first-order valence-electron chi connectivity index (χ1n) is 8.33. The smallest absolute Gasteiger partial charge is 0.269 e. The molecule has 154 valence electrons. The van der Waals surface area contributed by atoms with Crippen LogP contribution in [-0.4, -0.2) is 44.4 Å². The van der Waals surface area contributed by atoms with Crippen LogP contribution in [0.5, 0.6) is 0 Å². The molecule has 0 saturated carbocycles. The lowest BCUT2D eigenvalue weighted by Gasteiger charge is -2.21. The van der Waals surface area contributed by atoms with Gasteiger partial charge in [-0.05, 0) is 23.3 Å². The highest BCUT2D eigenvalue weighted by molar-refractivity contribution is 7.92. The van der Waals surface area contributed by atoms with E-state index in [0.717, 1.165) is 16.9 Å². The number of nitro benzene ring substituents is 1. The molecule has 29 heavy (non-hydrogen) atoms. The second kappa shape index (κ2) is 7.44. The summed E-state index contributed by atoms with van der Waals surface area (Å²) in [6.07, 6.45) is 2.27. The van der Waals surface area contributed by atoms with Crippen LogP contribution < -0.4 is 4.72 Å². The minimum atomic E-state index is -3.72. The number of nitro groups is 1. The van der Waals surface area contributed by atoms with Gasteiger partial charge in [0.15, 0.2) is 0 Å². The molecule has 0 spiro atoms. The third-order valence-electron chi connectivity index (χ3n) is 4.20. The molecule has 0 aliphatic carbocycles. The van der Waals surface area contributed by atoms with Gasteiger partial charge in [0.2, 0.25) is 20.0 Å². The number of sulfonamides is 2. The number of hydrogen-bond donors (Lipinski definition) is 1. The van der Waals surface area contributed by atoms with Gasteiger partial charge in [0, 0.05) is 24.2 Å². The second-order valence-electron chi connectivity index (χ2n) is 6.61. The van der Waals surface area contributed by atoms with Crippen molar-refractivity contribution in [2.75, 3.05) is 17.2 Å². The molecular formula is C17H18N4O6S2. The highest BCUT2D eigenvalue weighted by atomic mass is 32.2. The SMILES string of the molecule is CS(=O)(=O)Nc1ccc(C2=NN(S(C)(=O)=O)[C@@H](c3cccc([N+](=O)[O-])c3)C2)cc1. The fourth-order valence-corrected chi connectivity index (χ4v) is 4.48. The van der Waals surface area contributed by atoms with Gasteiger partial charge in [-0.25, -0.2) is 16.8 Å². The van der Waals surface area contributed by atoms with Crippen molar-refractivity contribution in [1.82, 2.24) is 4.41 Å². The summed E-state index contributed by atoms with van der Waals surface area (Å²) in [5.74, 6) is 0. The summed E-state index contributed by atoms with van der Waals surface area (Å²) in [7, 11) is -7.14. The van der Waals surface area contributed by atoms with Crippen molar-refractivity contribution in [2.24, 2.45) is 5.10 Å². The van der Waals surface area contributed by atoms with E-state index < -0.39 is 31.0 Å². The summed E-state index contributed by atoms with van der Waals surface area (Å²) in [6, 6.07) is 11.4. The Labute approximate surface area is 168 Å². The van der Waals surface area contributed by atoms with Crippen molar-refractivity contribution in [3.05, 3.63) is 69.8 Å². The van der Waals surface area contributed by atoms with Crippen LogP contribution in [0.25, 0.3) is 0 Å². The largest absolute Gasteiger partial charge is 0.284 e. The highest BCUT2D eigenvalue weighted by Gasteiger charge is 2.35. The van der Waals surface area contributed by atoms with Crippen LogP contribution >= 0.6 is 0 Å². The fraction of sp³-hybridized carbons (Fsp3) is 0.235. The average Bonchev–Trinajstić information content (AvgIpc) is 3.07. The standard InChI is InChI=1S/C17H18N4O6S2/c1-28(24,25)19-14-8-6-12(7-9-14)16-11-17(20(18-16)29(2,26)27)13-4-3-5-15(10-13)21(22)23/h3-10,17,19H,11H2,1-2H3/t17-/m1/s1. The first kappa shape index (κ1) is 20.7. The van der Waals surface area contributed by atoms with E-state index in [4.69, 9.17) is 0 Å². The number of nitrogens with zero attached hydrogens (tertiary/aromatic N) is 3. The first-order valence-corrected chi connectivity index (χ1v) is 12.1. The zero-order valence-electron chi connectivity index (χ0n) is 15.5. The van der Waals surface area contributed by atoms with Gasteiger partial charge >= 0.3 is 0 Å². The molecule has 3 rings (SSSR count). The Balaban J connectivity index is 1.94. The minimum Gasteiger partial charge on any atom is -0.284 e. The van der Waals surface area contributed by atoms with Gasteiger partial charge in [0.1, 0.15) is 0 Å². The van der Waals surface area contributed by atoms with Crippen LogP contribution in [0.4, 0.5) is 11.4 Å². The third kappa shape index (κ3) is 4.90. The van der Waals surface area contributed by atoms with Gasteiger partial charge < -0.3 is 0 Å².